The summed E-state index contributed by atoms with van der Waals surface area (Å²) in [4.78, 5) is 2.30. The quantitative estimate of drug-likeness (QED) is 0.803. The number of ether oxygens (including phenoxy) is 3. The minimum absolute atomic E-state index is 0.000192. The molecular formula is C20H24FNO3. The van der Waals surface area contributed by atoms with E-state index in [1.54, 1.807) is 7.11 Å². The number of benzene rings is 2. The lowest BCUT2D eigenvalue weighted by molar-refractivity contribution is -0.0506. The first-order valence-corrected chi connectivity index (χ1v) is 8.50. The molecule has 0 bridgehead atoms. The molecule has 1 unspecified atom stereocenters. The fourth-order valence-electron chi connectivity index (χ4n) is 2.95. The molecule has 1 aliphatic heterocycles. The molecule has 1 atom stereocenters. The van der Waals surface area contributed by atoms with Crippen LogP contribution in [-0.4, -0.2) is 44.4 Å². The van der Waals surface area contributed by atoms with Gasteiger partial charge in [-0.2, -0.15) is 0 Å². The fraction of sp³-hybridized carbons (Fsp3) is 0.400. The van der Waals surface area contributed by atoms with E-state index < -0.39 is 0 Å². The lowest BCUT2D eigenvalue weighted by Crippen LogP contribution is -2.44. The third-order valence-corrected chi connectivity index (χ3v) is 4.29. The molecule has 0 saturated carbocycles. The molecule has 1 aliphatic rings. The van der Waals surface area contributed by atoms with Crippen molar-refractivity contribution in [1.82, 2.24) is 4.90 Å². The van der Waals surface area contributed by atoms with Crippen molar-refractivity contribution in [2.75, 3.05) is 33.4 Å². The summed E-state index contributed by atoms with van der Waals surface area (Å²) in [5, 5.41) is 0. The standard InChI is InChI=1S/C20H24FNO3/c1-15-3-8-19(20(11-15)23-2)25-14-18-13-22(9-10-24-18)12-16-4-6-17(21)7-5-16/h3-8,11,18H,9-10,12-14H2,1-2H3. The van der Waals surface area contributed by atoms with Gasteiger partial charge in [-0.1, -0.05) is 18.2 Å². The van der Waals surface area contributed by atoms with Crippen LogP contribution in [0.2, 0.25) is 0 Å². The van der Waals surface area contributed by atoms with Gasteiger partial charge in [0.2, 0.25) is 0 Å². The normalized spacial score (nSPS) is 18.1. The highest BCUT2D eigenvalue weighted by Crippen LogP contribution is 2.28. The summed E-state index contributed by atoms with van der Waals surface area (Å²) in [6.07, 6.45) is 0.000192. The van der Waals surface area contributed by atoms with Crippen LogP contribution in [0.5, 0.6) is 11.5 Å². The van der Waals surface area contributed by atoms with E-state index in [1.807, 2.05) is 37.3 Å². The van der Waals surface area contributed by atoms with Crippen molar-refractivity contribution in [3.05, 3.63) is 59.4 Å². The van der Waals surface area contributed by atoms with Gasteiger partial charge in [0.25, 0.3) is 0 Å². The van der Waals surface area contributed by atoms with E-state index in [-0.39, 0.29) is 11.9 Å². The Kier molecular flexibility index (Phi) is 5.89. The van der Waals surface area contributed by atoms with Crippen LogP contribution in [0.1, 0.15) is 11.1 Å². The Hall–Kier alpha value is -2.11. The fourth-order valence-corrected chi connectivity index (χ4v) is 2.95. The lowest BCUT2D eigenvalue weighted by Gasteiger charge is -2.32. The molecule has 1 fully saturated rings. The van der Waals surface area contributed by atoms with Gasteiger partial charge in [0.15, 0.2) is 11.5 Å². The predicted molar refractivity (Wildman–Crippen MR) is 94.6 cm³/mol. The van der Waals surface area contributed by atoms with Crippen LogP contribution in [0.4, 0.5) is 4.39 Å². The summed E-state index contributed by atoms with van der Waals surface area (Å²) in [7, 11) is 1.64. The molecule has 0 aliphatic carbocycles. The summed E-state index contributed by atoms with van der Waals surface area (Å²) >= 11 is 0. The van der Waals surface area contributed by atoms with Gasteiger partial charge in [-0.25, -0.2) is 4.39 Å². The minimum Gasteiger partial charge on any atom is -0.493 e. The third kappa shape index (κ3) is 4.94. The maximum absolute atomic E-state index is 13.0. The Balaban J connectivity index is 1.54. The lowest BCUT2D eigenvalue weighted by atomic mass is 10.2. The van der Waals surface area contributed by atoms with E-state index >= 15 is 0 Å². The number of morpholine rings is 1. The molecule has 2 aromatic carbocycles. The molecule has 4 nitrogen and oxygen atoms in total. The summed E-state index contributed by atoms with van der Waals surface area (Å²) in [5.41, 5.74) is 2.23. The second-order valence-electron chi connectivity index (χ2n) is 6.32. The van der Waals surface area contributed by atoms with Crippen LogP contribution < -0.4 is 9.47 Å². The van der Waals surface area contributed by atoms with Crippen LogP contribution in [0.25, 0.3) is 0 Å². The average Bonchev–Trinajstić information content (AvgIpc) is 2.63. The third-order valence-electron chi connectivity index (χ3n) is 4.29. The van der Waals surface area contributed by atoms with Crippen molar-refractivity contribution in [2.45, 2.75) is 19.6 Å². The average molecular weight is 345 g/mol. The van der Waals surface area contributed by atoms with Crippen LogP contribution >= 0.6 is 0 Å². The molecule has 3 rings (SSSR count). The highest BCUT2D eigenvalue weighted by atomic mass is 19.1. The van der Waals surface area contributed by atoms with E-state index in [9.17, 15) is 4.39 Å². The van der Waals surface area contributed by atoms with Crippen molar-refractivity contribution in [3.8, 4) is 11.5 Å². The Morgan fingerprint density at radius 1 is 1.16 bits per heavy atom. The van der Waals surface area contributed by atoms with E-state index in [0.717, 1.165) is 42.3 Å². The number of hydrogen-bond acceptors (Lipinski definition) is 4. The molecule has 2 aromatic rings. The molecule has 134 valence electrons. The smallest absolute Gasteiger partial charge is 0.161 e. The predicted octanol–water partition coefficient (Wildman–Crippen LogP) is 3.42. The molecule has 1 saturated heterocycles. The van der Waals surface area contributed by atoms with Crippen molar-refractivity contribution < 1.29 is 18.6 Å². The number of methoxy groups -OCH3 is 1. The van der Waals surface area contributed by atoms with Gasteiger partial charge in [-0.15, -0.1) is 0 Å². The first-order chi connectivity index (χ1) is 12.1. The summed E-state index contributed by atoms with van der Waals surface area (Å²) in [5.74, 6) is 1.26. The Morgan fingerprint density at radius 2 is 1.96 bits per heavy atom. The van der Waals surface area contributed by atoms with Crippen LogP contribution in [0.3, 0.4) is 0 Å². The van der Waals surface area contributed by atoms with Gasteiger partial charge in [0.05, 0.1) is 13.7 Å². The molecule has 25 heavy (non-hydrogen) atoms. The molecule has 0 N–H and O–H groups in total. The Morgan fingerprint density at radius 3 is 2.72 bits per heavy atom. The van der Waals surface area contributed by atoms with Gasteiger partial charge in [0.1, 0.15) is 18.5 Å². The molecule has 0 amide bonds. The van der Waals surface area contributed by atoms with E-state index in [0.29, 0.717) is 13.2 Å². The van der Waals surface area contributed by atoms with Crippen LogP contribution in [-0.2, 0) is 11.3 Å². The summed E-state index contributed by atoms with van der Waals surface area (Å²) in [6, 6.07) is 12.5. The van der Waals surface area contributed by atoms with Gasteiger partial charge in [-0.05, 0) is 42.3 Å². The van der Waals surface area contributed by atoms with Gasteiger partial charge >= 0.3 is 0 Å². The van der Waals surface area contributed by atoms with E-state index in [2.05, 4.69) is 4.90 Å². The second-order valence-corrected chi connectivity index (χ2v) is 6.32. The van der Waals surface area contributed by atoms with Gasteiger partial charge < -0.3 is 14.2 Å². The molecule has 5 heteroatoms. The van der Waals surface area contributed by atoms with Crippen molar-refractivity contribution in [3.63, 3.8) is 0 Å². The molecular weight excluding hydrogens is 321 g/mol. The zero-order valence-corrected chi connectivity index (χ0v) is 14.7. The minimum atomic E-state index is -0.205. The maximum Gasteiger partial charge on any atom is 0.161 e. The van der Waals surface area contributed by atoms with E-state index in [4.69, 9.17) is 14.2 Å². The molecule has 0 aromatic heterocycles. The number of halogens is 1. The second kappa shape index (κ2) is 8.32. The zero-order valence-electron chi connectivity index (χ0n) is 14.7. The highest BCUT2D eigenvalue weighted by molar-refractivity contribution is 5.42. The monoisotopic (exact) mass is 345 g/mol. The number of hydrogen-bond donors (Lipinski definition) is 0. The van der Waals surface area contributed by atoms with Crippen LogP contribution in [0.15, 0.2) is 42.5 Å². The Bertz CT molecular complexity index is 690. The number of nitrogens with zero attached hydrogens (tertiary/aromatic N) is 1. The highest BCUT2D eigenvalue weighted by Gasteiger charge is 2.21. The summed E-state index contributed by atoms with van der Waals surface area (Å²) < 4.78 is 30.1. The van der Waals surface area contributed by atoms with Gasteiger partial charge in [0, 0.05) is 19.6 Å². The number of aryl methyl sites for hydroxylation is 1. The largest absolute Gasteiger partial charge is 0.493 e. The molecule has 0 radical (unpaired) electrons. The van der Waals surface area contributed by atoms with Crippen molar-refractivity contribution in [1.29, 1.82) is 0 Å². The molecule has 0 spiro atoms. The van der Waals surface area contributed by atoms with Crippen molar-refractivity contribution in [2.24, 2.45) is 0 Å². The van der Waals surface area contributed by atoms with Gasteiger partial charge in [-0.3, -0.25) is 4.90 Å². The summed E-state index contributed by atoms with van der Waals surface area (Å²) in [6.45, 7) is 5.59. The molecule has 1 heterocycles. The number of rotatable bonds is 6. The first-order valence-electron chi connectivity index (χ1n) is 8.50. The van der Waals surface area contributed by atoms with E-state index in [1.165, 1.54) is 12.1 Å². The first kappa shape index (κ1) is 17.7. The SMILES string of the molecule is COc1cc(C)ccc1OCC1CN(Cc2ccc(F)cc2)CCO1. The van der Waals surface area contributed by atoms with Crippen LogP contribution in [0, 0.1) is 12.7 Å². The van der Waals surface area contributed by atoms with Crippen molar-refractivity contribution >= 4 is 0 Å². The zero-order chi connectivity index (χ0) is 17.6. The maximum atomic E-state index is 13.0. The Labute approximate surface area is 148 Å². The topological polar surface area (TPSA) is 30.9 Å².